The van der Waals surface area contributed by atoms with E-state index in [2.05, 4.69) is 20.4 Å². The van der Waals surface area contributed by atoms with Gasteiger partial charge in [0.05, 0.1) is 12.6 Å². The Morgan fingerprint density at radius 2 is 2.04 bits per heavy atom. The van der Waals surface area contributed by atoms with Gasteiger partial charge in [-0.25, -0.2) is 0 Å². The van der Waals surface area contributed by atoms with Gasteiger partial charge in [-0.1, -0.05) is 5.16 Å². The van der Waals surface area contributed by atoms with Gasteiger partial charge in [-0.15, -0.1) is 12.4 Å². The molecule has 1 aliphatic carbocycles. The van der Waals surface area contributed by atoms with Gasteiger partial charge in [0.25, 0.3) is 0 Å². The van der Waals surface area contributed by atoms with Crippen molar-refractivity contribution < 1.29 is 9.32 Å². The van der Waals surface area contributed by atoms with Crippen LogP contribution in [-0.4, -0.2) is 64.6 Å². The second-order valence-corrected chi connectivity index (χ2v) is 6.93. The minimum absolute atomic E-state index is 0. The standard InChI is InChI=1S/C16H25N5O2.ClH/c22-16(13-3-1-6-17-13)21-8-2-7-20(9-10-21)11-14-18-15(23-19-14)12-4-5-12;/h12-13,17H,1-11H2;1H. The van der Waals surface area contributed by atoms with Gasteiger partial charge < -0.3 is 14.7 Å². The molecule has 3 aliphatic rings. The molecule has 134 valence electrons. The molecule has 2 saturated heterocycles. The first-order valence-corrected chi connectivity index (χ1v) is 8.86. The Morgan fingerprint density at radius 3 is 2.79 bits per heavy atom. The van der Waals surface area contributed by atoms with Crippen molar-refractivity contribution in [3.05, 3.63) is 11.7 Å². The molecular weight excluding hydrogens is 330 g/mol. The summed E-state index contributed by atoms with van der Waals surface area (Å²) in [5.74, 6) is 2.37. The summed E-state index contributed by atoms with van der Waals surface area (Å²) in [7, 11) is 0. The summed E-state index contributed by atoms with van der Waals surface area (Å²) in [5, 5.41) is 7.41. The van der Waals surface area contributed by atoms with E-state index in [0.29, 0.717) is 5.92 Å². The van der Waals surface area contributed by atoms with E-state index in [1.165, 1.54) is 12.8 Å². The number of hydrogen-bond acceptors (Lipinski definition) is 6. The average Bonchev–Trinajstić information content (AvgIpc) is 3.14. The van der Waals surface area contributed by atoms with Gasteiger partial charge in [0.15, 0.2) is 5.82 Å². The average molecular weight is 356 g/mol. The molecule has 0 spiro atoms. The van der Waals surface area contributed by atoms with Crippen molar-refractivity contribution in [2.24, 2.45) is 0 Å². The second-order valence-electron chi connectivity index (χ2n) is 6.93. The lowest BCUT2D eigenvalue weighted by atomic mass is 10.2. The zero-order valence-corrected chi connectivity index (χ0v) is 14.8. The third kappa shape index (κ3) is 4.07. The predicted molar refractivity (Wildman–Crippen MR) is 91.0 cm³/mol. The van der Waals surface area contributed by atoms with Crippen LogP contribution in [0.1, 0.15) is 49.7 Å². The summed E-state index contributed by atoms with van der Waals surface area (Å²) in [6, 6.07) is 0.0415. The zero-order chi connectivity index (χ0) is 15.6. The Labute approximate surface area is 148 Å². The first-order valence-electron chi connectivity index (χ1n) is 8.86. The maximum Gasteiger partial charge on any atom is 0.239 e. The van der Waals surface area contributed by atoms with Crippen molar-refractivity contribution in [1.82, 2.24) is 25.3 Å². The highest BCUT2D eigenvalue weighted by molar-refractivity contribution is 5.85. The number of aromatic nitrogens is 2. The number of nitrogens with zero attached hydrogens (tertiary/aromatic N) is 4. The fourth-order valence-corrected chi connectivity index (χ4v) is 3.49. The van der Waals surface area contributed by atoms with E-state index < -0.39 is 0 Å². The van der Waals surface area contributed by atoms with Crippen LogP contribution in [0.3, 0.4) is 0 Å². The lowest BCUT2D eigenvalue weighted by molar-refractivity contribution is -0.132. The fraction of sp³-hybridized carbons (Fsp3) is 0.812. The van der Waals surface area contributed by atoms with E-state index in [9.17, 15) is 4.79 Å². The Balaban J connectivity index is 0.00000169. The second kappa shape index (κ2) is 7.80. The van der Waals surface area contributed by atoms with Crippen molar-refractivity contribution >= 4 is 18.3 Å². The van der Waals surface area contributed by atoms with Crippen LogP contribution in [0.25, 0.3) is 0 Å². The summed E-state index contributed by atoms with van der Waals surface area (Å²) in [5.41, 5.74) is 0. The van der Waals surface area contributed by atoms with Crippen LogP contribution in [0.2, 0.25) is 0 Å². The minimum Gasteiger partial charge on any atom is -0.340 e. The van der Waals surface area contributed by atoms with E-state index in [1.54, 1.807) is 0 Å². The first-order chi connectivity index (χ1) is 11.3. The van der Waals surface area contributed by atoms with E-state index >= 15 is 0 Å². The van der Waals surface area contributed by atoms with Crippen LogP contribution in [0.5, 0.6) is 0 Å². The van der Waals surface area contributed by atoms with Crippen molar-refractivity contribution in [1.29, 1.82) is 0 Å². The minimum atomic E-state index is 0. The van der Waals surface area contributed by atoms with Crippen molar-refractivity contribution in [2.75, 3.05) is 32.7 Å². The number of amides is 1. The summed E-state index contributed by atoms with van der Waals surface area (Å²) < 4.78 is 5.33. The molecule has 1 N–H and O–H groups in total. The lowest BCUT2D eigenvalue weighted by Crippen LogP contribution is -2.45. The molecule has 7 nitrogen and oxygen atoms in total. The molecule has 1 aromatic rings. The molecule has 2 aliphatic heterocycles. The molecule has 1 amide bonds. The summed E-state index contributed by atoms with van der Waals surface area (Å²) in [4.78, 5) is 21.4. The van der Waals surface area contributed by atoms with Gasteiger partial charge in [0, 0.05) is 32.1 Å². The summed E-state index contributed by atoms with van der Waals surface area (Å²) >= 11 is 0. The first kappa shape index (κ1) is 17.6. The molecule has 1 saturated carbocycles. The van der Waals surface area contributed by atoms with Gasteiger partial charge in [0.1, 0.15) is 0 Å². The third-order valence-corrected chi connectivity index (χ3v) is 5.03. The molecule has 0 bridgehead atoms. The van der Waals surface area contributed by atoms with E-state index in [4.69, 9.17) is 4.52 Å². The number of carbonyl (C=O) groups excluding carboxylic acids is 1. The highest BCUT2D eigenvalue weighted by atomic mass is 35.5. The van der Waals surface area contributed by atoms with Crippen LogP contribution >= 0.6 is 12.4 Å². The number of nitrogens with one attached hydrogen (secondary N) is 1. The molecule has 3 heterocycles. The molecule has 1 atom stereocenters. The van der Waals surface area contributed by atoms with Crippen molar-refractivity contribution in [3.8, 4) is 0 Å². The summed E-state index contributed by atoms with van der Waals surface area (Å²) in [6.07, 6.45) is 5.45. The van der Waals surface area contributed by atoms with Crippen LogP contribution in [0.15, 0.2) is 4.52 Å². The quantitative estimate of drug-likeness (QED) is 0.873. The van der Waals surface area contributed by atoms with E-state index in [1.807, 2.05) is 4.90 Å². The predicted octanol–water partition coefficient (Wildman–Crippen LogP) is 1.16. The largest absolute Gasteiger partial charge is 0.340 e. The van der Waals surface area contributed by atoms with Crippen LogP contribution in [-0.2, 0) is 11.3 Å². The molecule has 1 aromatic heterocycles. The Kier molecular flexibility index (Phi) is 5.73. The molecule has 3 fully saturated rings. The number of halogens is 1. The smallest absolute Gasteiger partial charge is 0.239 e. The van der Waals surface area contributed by atoms with Crippen molar-refractivity contribution in [2.45, 2.75) is 50.6 Å². The van der Waals surface area contributed by atoms with Gasteiger partial charge in [-0.05, 0) is 38.6 Å². The monoisotopic (exact) mass is 355 g/mol. The highest BCUT2D eigenvalue weighted by Gasteiger charge is 2.30. The molecule has 24 heavy (non-hydrogen) atoms. The molecular formula is C16H26ClN5O2. The Bertz CT molecular complexity index is 556. The molecule has 1 unspecified atom stereocenters. The maximum absolute atomic E-state index is 12.5. The fourth-order valence-electron chi connectivity index (χ4n) is 3.49. The maximum atomic E-state index is 12.5. The lowest BCUT2D eigenvalue weighted by Gasteiger charge is -2.24. The Hall–Kier alpha value is -1.18. The van der Waals surface area contributed by atoms with Crippen LogP contribution in [0, 0.1) is 0 Å². The highest BCUT2D eigenvalue weighted by Crippen LogP contribution is 2.38. The van der Waals surface area contributed by atoms with Gasteiger partial charge in [0.2, 0.25) is 11.8 Å². The number of rotatable bonds is 4. The van der Waals surface area contributed by atoms with E-state index in [0.717, 1.165) is 70.2 Å². The van der Waals surface area contributed by atoms with Crippen LogP contribution < -0.4 is 5.32 Å². The van der Waals surface area contributed by atoms with Gasteiger partial charge >= 0.3 is 0 Å². The van der Waals surface area contributed by atoms with Gasteiger partial charge in [-0.3, -0.25) is 9.69 Å². The van der Waals surface area contributed by atoms with E-state index in [-0.39, 0.29) is 24.4 Å². The zero-order valence-electron chi connectivity index (χ0n) is 13.9. The number of carbonyl (C=O) groups is 1. The van der Waals surface area contributed by atoms with Crippen molar-refractivity contribution in [3.63, 3.8) is 0 Å². The Morgan fingerprint density at radius 1 is 1.17 bits per heavy atom. The third-order valence-electron chi connectivity index (χ3n) is 5.03. The number of hydrogen-bond donors (Lipinski definition) is 1. The molecule has 8 heteroatoms. The van der Waals surface area contributed by atoms with Crippen LogP contribution in [0.4, 0.5) is 0 Å². The molecule has 4 rings (SSSR count). The topological polar surface area (TPSA) is 74.5 Å². The van der Waals surface area contributed by atoms with Gasteiger partial charge in [-0.2, -0.15) is 4.98 Å². The normalized spacial score (nSPS) is 25.3. The molecule has 0 aromatic carbocycles. The SMILES string of the molecule is Cl.O=C(C1CCCN1)N1CCCN(Cc2noc(C3CC3)n2)CC1. The summed E-state index contributed by atoms with van der Waals surface area (Å²) in [6.45, 7) is 5.20. The molecule has 0 radical (unpaired) electrons.